The normalized spacial score (nSPS) is 16.8. The van der Waals surface area contributed by atoms with Crippen LogP contribution in [0.5, 0.6) is 5.75 Å². The Morgan fingerprint density at radius 2 is 1.91 bits per heavy atom. The lowest BCUT2D eigenvalue weighted by molar-refractivity contribution is -0.913. The maximum Gasteiger partial charge on any atom is 0.336 e. The number of likely N-dealkylation sites (tertiary alicyclic amines) is 1. The molecule has 2 heterocycles. The lowest BCUT2D eigenvalue weighted by Gasteiger charge is -2.19. The molecule has 0 atom stereocenters. The first-order valence-corrected chi connectivity index (χ1v) is 8.22. The zero-order chi connectivity index (χ0) is 15.7. The Bertz CT molecular complexity index is 746. The topological polar surface area (TPSA) is 54.9 Å². The number of nitrogens with one attached hydrogen (secondary N) is 1. The van der Waals surface area contributed by atoms with Crippen LogP contribution in [-0.2, 0) is 6.54 Å². The lowest BCUT2D eigenvalue weighted by Crippen LogP contribution is -3.10. The number of aryl methyl sites for hydroxylation is 1. The number of quaternary nitrogens is 1. The van der Waals surface area contributed by atoms with E-state index in [1.165, 1.54) is 36.6 Å². The van der Waals surface area contributed by atoms with E-state index in [2.05, 4.69) is 0 Å². The molecule has 3 rings (SSSR count). The summed E-state index contributed by atoms with van der Waals surface area (Å²) in [6.45, 7) is 4.64. The zero-order valence-electron chi connectivity index (χ0n) is 12.7. The smallest absolute Gasteiger partial charge is 0.336 e. The third-order valence-electron chi connectivity index (χ3n) is 4.50. The van der Waals surface area contributed by atoms with Crippen molar-refractivity contribution in [2.45, 2.75) is 39.2 Å². The molecule has 0 radical (unpaired) electrons. The molecule has 0 unspecified atom stereocenters. The van der Waals surface area contributed by atoms with Crippen molar-refractivity contribution in [2.24, 2.45) is 0 Å². The second-order valence-corrected chi connectivity index (χ2v) is 6.56. The Balaban J connectivity index is 2.10. The van der Waals surface area contributed by atoms with Crippen molar-refractivity contribution in [3.63, 3.8) is 0 Å². The van der Waals surface area contributed by atoms with Gasteiger partial charge in [-0.3, -0.25) is 0 Å². The van der Waals surface area contributed by atoms with Gasteiger partial charge in [0.15, 0.2) is 5.58 Å². The van der Waals surface area contributed by atoms with Crippen LogP contribution in [0.15, 0.2) is 21.3 Å². The summed E-state index contributed by atoms with van der Waals surface area (Å²) in [6.07, 6.45) is 4.91. The third-order valence-corrected chi connectivity index (χ3v) is 4.79. The monoisotopic (exact) mass is 322 g/mol. The van der Waals surface area contributed by atoms with E-state index in [0.717, 1.165) is 24.0 Å². The van der Waals surface area contributed by atoms with E-state index in [1.807, 2.05) is 6.92 Å². The summed E-state index contributed by atoms with van der Waals surface area (Å²) in [5.74, 6) is 0.0414. The Morgan fingerprint density at radius 1 is 1.23 bits per heavy atom. The van der Waals surface area contributed by atoms with Crippen molar-refractivity contribution in [1.29, 1.82) is 0 Å². The lowest BCUT2D eigenvalue weighted by atomic mass is 10.1. The molecule has 4 nitrogen and oxygen atoms in total. The van der Waals surface area contributed by atoms with E-state index in [4.69, 9.17) is 16.0 Å². The van der Waals surface area contributed by atoms with Crippen LogP contribution in [0.1, 0.15) is 36.8 Å². The van der Waals surface area contributed by atoms with Gasteiger partial charge in [-0.15, -0.1) is 0 Å². The minimum Gasteiger partial charge on any atom is -0.506 e. The molecule has 0 amide bonds. The second kappa shape index (κ2) is 6.31. The summed E-state index contributed by atoms with van der Waals surface area (Å²) >= 11 is 6.18. The quantitative estimate of drug-likeness (QED) is 0.835. The summed E-state index contributed by atoms with van der Waals surface area (Å²) in [7, 11) is 0. The minimum absolute atomic E-state index is 0.0414. The van der Waals surface area contributed by atoms with E-state index in [-0.39, 0.29) is 11.4 Å². The SMILES string of the molecule is Cc1cc(=O)oc2c(C[NH+]3CCCCCC3)c(O)c(Cl)cc12. The molecule has 5 heteroatoms. The first-order chi connectivity index (χ1) is 10.6. The van der Waals surface area contributed by atoms with Gasteiger partial charge in [0.05, 0.1) is 23.7 Å². The first kappa shape index (κ1) is 15.4. The first-order valence-electron chi connectivity index (χ1n) is 7.84. The molecule has 1 saturated heterocycles. The third kappa shape index (κ3) is 2.99. The fourth-order valence-corrected chi connectivity index (χ4v) is 3.51. The molecule has 22 heavy (non-hydrogen) atoms. The van der Waals surface area contributed by atoms with Gasteiger partial charge >= 0.3 is 5.63 Å². The van der Waals surface area contributed by atoms with Crippen LogP contribution in [0.3, 0.4) is 0 Å². The van der Waals surface area contributed by atoms with Gasteiger partial charge in [0.1, 0.15) is 12.3 Å². The Morgan fingerprint density at radius 3 is 2.59 bits per heavy atom. The van der Waals surface area contributed by atoms with E-state index in [1.54, 1.807) is 6.07 Å². The van der Waals surface area contributed by atoms with Gasteiger partial charge in [0.25, 0.3) is 0 Å². The summed E-state index contributed by atoms with van der Waals surface area (Å²) in [5.41, 5.74) is 1.56. The number of rotatable bonds is 2. The van der Waals surface area contributed by atoms with E-state index in [0.29, 0.717) is 22.7 Å². The van der Waals surface area contributed by atoms with Crippen LogP contribution in [0.2, 0.25) is 5.02 Å². The van der Waals surface area contributed by atoms with Crippen LogP contribution in [0.25, 0.3) is 11.0 Å². The Kier molecular flexibility index (Phi) is 4.41. The maximum absolute atomic E-state index is 11.7. The molecule has 1 aliphatic heterocycles. The summed E-state index contributed by atoms with van der Waals surface area (Å²) in [5, 5.41) is 11.5. The molecule has 1 fully saturated rings. The van der Waals surface area contributed by atoms with Crippen LogP contribution in [0.4, 0.5) is 0 Å². The standard InChI is InChI=1S/C17H20ClNO3/c1-11-8-15(20)22-17-12(11)9-14(18)16(21)13(17)10-19-6-4-2-3-5-7-19/h8-9,21H,2-7,10H2,1H3/p+1. The molecule has 118 valence electrons. The molecular weight excluding hydrogens is 302 g/mol. The number of hydrogen-bond acceptors (Lipinski definition) is 3. The van der Waals surface area contributed by atoms with E-state index < -0.39 is 0 Å². The Hall–Kier alpha value is -1.52. The highest BCUT2D eigenvalue weighted by Gasteiger charge is 2.21. The fourth-order valence-electron chi connectivity index (χ4n) is 3.29. The molecular formula is C17H21ClNO3+. The van der Waals surface area contributed by atoms with Crippen LogP contribution < -0.4 is 10.5 Å². The van der Waals surface area contributed by atoms with Crippen molar-refractivity contribution in [3.05, 3.63) is 38.7 Å². The average Bonchev–Trinajstić information content (AvgIpc) is 2.74. The molecule has 0 saturated carbocycles. The predicted octanol–water partition coefficient (Wildman–Crippen LogP) is 2.42. The van der Waals surface area contributed by atoms with Crippen molar-refractivity contribution in [2.75, 3.05) is 13.1 Å². The van der Waals surface area contributed by atoms with Crippen LogP contribution in [0, 0.1) is 6.92 Å². The highest BCUT2D eigenvalue weighted by Crippen LogP contribution is 2.34. The van der Waals surface area contributed by atoms with Gasteiger partial charge in [-0.1, -0.05) is 11.6 Å². The molecule has 1 aliphatic rings. The van der Waals surface area contributed by atoms with Gasteiger partial charge in [0.2, 0.25) is 0 Å². The van der Waals surface area contributed by atoms with Crippen molar-refractivity contribution in [3.8, 4) is 5.75 Å². The highest BCUT2D eigenvalue weighted by molar-refractivity contribution is 6.33. The fraction of sp³-hybridized carbons (Fsp3) is 0.471. The highest BCUT2D eigenvalue weighted by atomic mass is 35.5. The number of benzene rings is 1. The van der Waals surface area contributed by atoms with Crippen molar-refractivity contribution >= 4 is 22.6 Å². The molecule has 1 aromatic heterocycles. The predicted molar refractivity (Wildman–Crippen MR) is 86.8 cm³/mol. The van der Waals surface area contributed by atoms with Gasteiger partial charge in [-0.05, 0) is 44.2 Å². The van der Waals surface area contributed by atoms with Gasteiger partial charge in [-0.2, -0.15) is 0 Å². The number of aromatic hydroxyl groups is 1. The number of halogens is 1. The summed E-state index contributed by atoms with van der Waals surface area (Å²) in [6, 6.07) is 3.13. The number of phenols is 1. The molecule has 2 aromatic rings. The maximum atomic E-state index is 11.7. The van der Waals surface area contributed by atoms with E-state index in [9.17, 15) is 9.90 Å². The Labute approximate surface area is 134 Å². The minimum atomic E-state index is -0.390. The van der Waals surface area contributed by atoms with Gasteiger partial charge < -0.3 is 14.4 Å². The molecule has 0 spiro atoms. The molecule has 0 bridgehead atoms. The van der Waals surface area contributed by atoms with Crippen LogP contribution >= 0.6 is 11.6 Å². The van der Waals surface area contributed by atoms with Crippen molar-refractivity contribution < 1.29 is 14.4 Å². The summed E-state index contributed by atoms with van der Waals surface area (Å²) < 4.78 is 5.39. The van der Waals surface area contributed by atoms with E-state index >= 15 is 0 Å². The molecule has 0 aliphatic carbocycles. The van der Waals surface area contributed by atoms with Gasteiger partial charge in [0, 0.05) is 11.5 Å². The van der Waals surface area contributed by atoms with Gasteiger partial charge in [-0.25, -0.2) is 4.79 Å². The molecule has 2 N–H and O–H groups in total. The van der Waals surface area contributed by atoms with Crippen molar-refractivity contribution in [1.82, 2.24) is 0 Å². The average molecular weight is 323 g/mol. The largest absolute Gasteiger partial charge is 0.506 e. The second-order valence-electron chi connectivity index (χ2n) is 6.15. The number of hydrogen-bond donors (Lipinski definition) is 2. The van der Waals surface area contributed by atoms with Crippen LogP contribution in [-0.4, -0.2) is 18.2 Å². The number of fused-ring (bicyclic) bond motifs is 1. The number of phenolic OH excluding ortho intramolecular Hbond substituents is 1. The molecule has 1 aromatic carbocycles. The zero-order valence-corrected chi connectivity index (χ0v) is 13.5. The summed E-state index contributed by atoms with van der Waals surface area (Å²) in [4.78, 5) is 13.1.